The first-order valence-corrected chi connectivity index (χ1v) is 7.79. The molecule has 0 amide bonds. The Hall–Kier alpha value is -1.94. The standard InChI is InChI=1S/C18H18F2N2/c19-12-8-11(9-13(20)10-12)14-2-1-3-17-18(14)15-4-6-21-7-5-16(15)22-17/h1-3,8-10,15-16,21-22H,4-7H2/t15-,16+/m1/s1. The lowest BCUT2D eigenvalue weighted by molar-refractivity contribution is 0.578. The minimum atomic E-state index is -0.530. The minimum absolute atomic E-state index is 0.396. The van der Waals surface area contributed by atoms with Crippen molar-refractivity contribution in [3.63, 3.8) is 0 Å². The SMILES string of the molecule is Fc1cc(F)cc(-c2cccc3c2[C@@H]2CCNCC[C@@H]2N3)c1. The topological polar surface area (TPSA) is 24.1 Å². The van der Waals surface area contributed by atoms with Gasteiger partial charge < -0.3 is 10.6 Å². The van der Waals surface area contributed by atoms with E-state index in [1.54, 1.807) is 0 Å². The third-order valence-electron chi connectivity index (χ3n) is 4.74. The molecule has 2 aliphatic rings. The summed E-state index contributed by atoms with van der Waals surface area (Å²) in [5.41, 5.74) is 3.88. The van der Waals surface area contributed by atoms with Crippen molar-refractivity contribution in [2.24, 2.45) is 0 Å². The fourth-order valence-corrected chi connectivity index (χ4v) is 3.81. The Bertz CT molecular complexity index is 694. The molecule has 0 bridgehead atoms. The van der Waals surface area contributed by atoms with Crippen LogP contribution in [0.4, 0.5) is 14.5 Å². The molecule has 0 aromatic heterocycles. The molecule has 0 aliphatic carbocycles. The molecule has 1 saturated heterocycles. The second kappa shape index (κ2) is 5.36. The lowest BCUT2D eigenvalue weighted by Gasteiger charge is -2.18. The third kappa shape index (κ3) is 2.28. The Morgan fingerprint density at radius 2 is 1.73 bits per heavy atom. The van der Waals surface area contributed by atoms with Crippen LogP contribution >= 0.6 is 0 Å². The lowest BCUT2D eigenvalue weighted by atomic mass is 9.86. The second-order valence-corrected chi connectivity index (χ2v) is 6.11. The van der Waals surface area contributed by atoms with E-state index in [-0.39, 0.29) is 0 Å². The molecule has 2 nitrogen and oxygen atoms in total. The van der Waals surface area contributed by atoms with E-state index in [1.807, 2.05) is 12.1 Å². The van der Waals surface area contributed by atoms with Gasteiger partial charge in [0.05, 0.1) is 0 Å². The zero-order valence-electron chi connectivity index (χ0n) is 12.2. The molecule has 0 spiro atoms. The summed E-state index contributed by atoms with van der Waals surface area (Å²) >= 11 is 0. The van der Waals surface area contributed by atoms with Gasteiger partial charge in [0.2, 0.25) is 0 Å². The fourth-order valence-electron chi connectivity index (χ4n) is 3.81. The Morgan fingerprint density at radius 3 is 2.55 bits per heavy atom. The summed E-state index contributed by atoms with van der Waals surface area (Å²) in [5, 5.41) is 7.01. The molecule has 2 aliphatic heterocycles. The normalized spacial score (nSPS) is 23.4. The Balaban J connectivity index is 1.84. The van der Waals surface area contributed by atoms with Gasteiger partial charge in [-0.05, 0) is 60.8 Å². The molecule has 0 saturated carbocycles. The van der Waals surface area contributed by atoms with Gasteiger partial charge in [0.25, 0.3) is 0 Å². The maximum absolute atomic E-state index is 13.6. The van der Waals surface area contributed by atoms with Gasteiger partial charge in [-0.25, -0.2) is 8.78 Å². The van der Waals surface area contributed by atoms with Crippen molar-refractivity contribution < 1.29 is 8.78 Å². The van der Waals surface area contributed by atoms with Crippen molar-refractivity contribution in [2.45, 2.75) is 24.8 Å². The Morgan fingerprint density at radius 1 is 0.955 bits per heavy atom. The van der Waals surface area contributed by atoms with Crippen molar-refractivity contribution in [1.29, 1.82) is 0 Å². The van der Waals surface area contributed by atoms with Crippen LogP contribution in [0.5, 0.6) is 0 Å². The summed E-state index contributed by atoms with van der Waals surface area (Å²) in [7, 11) is 0. The highest BCUT2D eigenvalue weighted by atomic mass is 19.1. The molecule has 4 rings (SSSR count). The van der Waals surface area contributed by atoms with Gasteiger partial charge in [-0.2, -0.15) is 0 Å². The summed E-state index contributed by atoms with van der Waals surface area (Å²) in [5.74, 6) is -0.664. The first-order chi connectivity index (χ1) is 10.7. The minimum Gasteiger partial charge on any atom is -0.381 e. The van der Waals surface area contributed by atoms with Crippen LogP contribution in [-0.2, 0) is 0 Å². The zero-order chi connectivity index (χ0) is 15.1. The molecule has 2 N–H and O–H groups in total. The molecule has 2 atom stereocenters. The highest BCUT2D eigenvalue weighted by Crippen LogP contribution is 2.45. The Kier molecular flexibility index (Phi) is 3.34. The molecule has 1 fully saturated rings. The van der Waals surface area contributed by atoms with Crippen LogP contribution in [0.1, 0.15) is 24.3 Å². The van der Waals surface area contributed by atoms with Crippen molar-refractivity contribution in [1.82, 2.24) is 5.32 Å². The van der Waals surface area contributed by atoms with Gasteiger partial charge in [0.15, 0.2) is 0 Å². The van der Waals surface area contributed by atoms with E-state index < -0.39 is 11.6 Å². The summed E-state index contributed by atoms with van der Waals surface area (Å²) in [6.07, 6.45) is 2.11. The molecule has 114 valence electrons. The predicted octanol–water partition coefficient (Wildman–Crippen LogP) is 3.89. The van der Waals surface area contributed by atoms with Crippen LogP contribution in [0.15, 0.2) is 36.4 Å². The highest BCUT2D eigenvalue weighted by Gasteiger charge is 2.34. The fraction of sp³-hybridized carbons (Fsp3) is 0.333. The number of anilines is 1. The molecular formula is C18H18F2N2. The molecule has 2 aromatic carbocycles. The number of benzene rings is 2. The Labute approximate surface area is 128 Å². The summed E-state index contributed by atoms with van der Waals surface area (Å²) in [6, 6.07) is 10.1. The van der Waals surface area contributed by atoms with E-state index in [0.29, 0.717) is 17.5 Å². The van der Waals surface area contributed by atoms with Crippen molar-refractivity contribution in [3.05, 3.63) is 53.6 Å². The van der Waals surface area contributed by atoms with Crippen LogP contribution in [0.25, 0.3) is 11.1 Å². The predicted molar refractivity (Wildman–Crippen MR) is 84.0 cm³/mol. The smallest absolute Gasteiger partial charge is 0.126 e. The number of hydrogen-bond acceptors (Lipinski definition) is 2. The molecule has 2 heterocycles. The quantitative estimate of drug-likeness (QED) is 0.835. The third-order valence-corrected chi connectivity index (χ3v) is 4.74. The first kappa shape index (κ1) is 13.7. The van der Waals surface area contributed by atoms with Gasteiger partial charge in [-0.15, -0.1) is 0 Å². The van der Waals surface area contributed by atoms with E-state index >= 15 is 0 Å². The van der Waals surface area contributed by atoms with Gasteiger partial charge in [0.1, 0.15) is 11.6 Å². The molecular weight excluding hydrogens is 282 g/mol. The average molecular weight is 300 g/mol. The van der Waals surface area contributed by atoms with Crippen LogP contribution in [0.2, 0.25) is 0 Å². The van der Waals surface area contributed by atoms with Gasteiger partial charge in [0, 0.05) is 23.7 Å². The number of hydrogen-bond donors (Lipinski definition) is 2. The van der Waals surface area contributed by atoms with Crippen LogP contribution in [0.3, 0.4) is 0 Å². The maximum atomic E-state index is 13.6. The maximum Gasteiger partial charge on any atom is 0.126 e. The first-order valence-electron chi connectivity index (χ1n) is 7.79. The van der Waals surface area contributed by atoms with E-state index in [2.05, 4.69) is 16.7 Å². The summed E-state index contributed by atoms with van der Waals surface area (Å²) in [6.45, 7) is 1.99. The number of halogens is 2. The van der Waals surface area contributed by atoms with Gasteiger partial charge >= 0.3 is 0 Å². The van der Waals surface area contributed by atoms with Crippen LogP contribution < -0.4 is 10.6 Å². The molecule has 22 heavy (non-hydrogen) atoms. The summed E-state index contributed by atoms with van der Waals surface area (Å²) in [4.78, 5) is 0. The monoisotopic (exact) mass is 300 g/mol. The van der Waals surface area contributed by atoms with Crippen LogP contribution in [0, 0.1) is 11.6 Å². The van der Waals surface area contributed by atoms with E-state index in [1.165, 1.54) is 17.7 Å². The van der Waals surface area contributed by atoms with Crippen molar-refractivity contribution >= 4 is 5.69 Å². The molecule has 0 radical (unpaired) electrons. The van der Waals surface area contributed by atoms with Crippen molar-refractivity contribution in [2.75, 3.05) is 18.4 Å². The molecule has 0 unspecified atom stereocenters. The molecule has 4 heteroatoms. The number of fused-ring (bicyclic) bond motifs is 3. The van der Waals surface area contributed by atoms with Crippen LogP contribution in [-0.4, -0.2) is 19.1 Å². The second-order valence-electron chi connectivity index (χ2n) is 6.11. The average Bonchev–Trinajstić information content (AvgIpc) is 2.68. The lowest BCUT2D eigenvalue weighted by Crippen LogP contribution is -2.21. The summed E-state index contributed by atoms with van der Waals surface area (Å²) < 4.78 is 27.2. The number of rotatable bonds is 1. The van der Waals surface area contributed by atoms with Crippen molar-refractivity contribution in [3.8, 4) is 11.1 Å². The molecule has 2 aromatic rings. The van der Waals surface area contributed by atoms with E-state index in [9.17, 15) is 8.78 Å². The van der Waals surface area contributed by atoms with Gasteiger partial charge in [-0.1, -0.05) is 12.1 Å². The zero-order valence-corrected chi connectivity index (χ0v) is 12.2. The highest BCUT2D eigenvalue weighted by molar-refractivity contribution is 5.77. The van der Waals surface area contributed by atoms with Gasteiger partial charge in [-0.3, -0.25) is 0 Å². The van der Waals surface area contributed by atoms with E-state index in [4.69, 9.17) is 0 Å². The largest absolute Gasteiger partial charge is 0.381 e. The van der Waals surface area contributed by atoms with E-state index in [0.717, 1.165) is 43.2 Å². The number of nitrogens with one attached hydrogen (secondary N) is 2.